The molecule has 2 saturated heterocycles. The maximum absolute atomic E-state index is 9.34. The quantitative estimate of drug-likeness (QED) is 0.167. The first-order valence-corrected chi connectivity index (χ1v) is 16.4. The molecule has 0 bridgehead atoms. The van der Waals surface area contributed by atoms with Gasteiger partial charge in [-0.2, -0.15) is 0 Å². The SMILES string of the molecule is Oc1ccc(Cc2noc3cc(O)ccc23)cc1.c1cc(OC2CCCCO2)ccc1Cc1noc2cc(OC3CCCCO3)ccc12. The monoisotopic (exact) mass is 650 g/mol. The van der Waals surface area contributed by atoms with Gasteiger partial charge in [-0.25, -0.2) is 0 Å². The number of phenolic OH excluding ortho intramolecular Hbond substituents is 2. The van der Waals surface area contributed by atoms with E-state index in [-0.39, 0.29) is 24.1 Å². The highest BCUT2D eigenvalue weighted by Gasteiger charge is 2.18. The van der Waals surface area contributed by atoms with Gasteiger partial charge in [0.25, 0.3) is 0 Å². The predicted molar refractivity (Wildman–Crippen MR) is 178 cm³/mol. The van der Waals surface area contributed by atoms with E-state index in [0.29, 0.717) is 18.4 Å². The Balaban J connectivity index is 0.000000172. The third kappa shape index (κ3) is 7.90. The fourth-order valence-corrected chi connectivity index (χ4v) is 5.87. The number of hydrogen-bond acceptors (Lipinski definition) is 10. The fourth-order valence-electron chi connectivity index (χ4n) is 5.87. The molecule has 4 aromatic carbocycles. The lowest BCUT2D eigenvalue weighted by Gasteiger charge is -2.23. The standard InChI is InChI=1S/C24H27NO5.C14H11NO3/c1-3-13-26-23(5-1)28-18-9-7-17(8-10-18)15-21-20-12-11-19(16-22(20)30-25-21)29-24-6-2-4-14-27-24;16-10-3-1-9(2-4-10)7-13-12-6-5-11(17)8-14(12)18-15-13/h7-12,16,23-24H,1-6,13-15H2;1-6,8,16-17H,7H2. The van der Waals surface area contributed by atoms with E-state index in [1.54, 1.807) is 30.3 Å². The Bertz CT molecular complexity index is 1920. The summed E-state index contributed by atoms with van der Waals surface area (Å²) in [6.07, 6.45) is 7.41. The van der Waals surface area contributed by atoms with E-state index in [4.69, 9.17) is 28.0 Å². The molecule has 2 N–H and O–H groups in total. The van der Waals surface area contributed by atoms with Crippen LogP contribution in [0.25, 0.3) is 21.9 Å². The van der Waals surface area contributed by atoms with Gasteiger partial charge in [-0.05, 0) is 85.3 Å². The lowest BCUT2D eigenvalue weighted by atomic mass is 10.1. The second kappa shape index (κ2) is 14.8. The number of aromatic hydroxyl groups is 2. The minimum absolute atomic E-state index is 0.125. The summed E-state index contributed by atoms with van der Waals surface area (Å²) in [4.78, 5) is 0. The number of aromatic nitrogens is 2. The Kier molecular flexibility index (Phi) is 9.72. The first-order valence-electron chi connectivity index (χ1n) is 16.4. The van der Waals surface area contributed by atoms with Gasteiger partial charge in [-0.3, -0.25) is 0 Å². The summed E-state index contributed by atoms with van der Waals surface area (Å²) in [6.45, 7) is 1.54. The normalized spacial score (nSPS) is 17.9. The van der Waals surface area contributed by atoms with Crippen LogP contribution < -0.4 is 9.47 Å². The topological polar surface area (TPSA) is 129 Å². The molecule has 0 spiro atoms. The lowest BCUT2D eigenvalue weighted by molar-refractivity contribution is -0.106. The third-order valence-electron chi connectivity index (χ3n) is 8.46. The zero-order valence-corrected chi connectivity index (χ0v) is 26.5. The number of ether oxygens (including phenoxy) is 4. The van der Waals surface area contributed by atoms with Crippen molar-refractivity contribution in [1.82, 2.24) is 10.3 Å². The van der Waals surface area contributed by atoms with Crippen molar-refractivity contribution < 1.29 is 38.2 Å². The van der Waals surface area contributed by atoms with Crippen LogP contribution in [0, 0.1) is 0 Å². The molecule has 2 atom stereocenters. The molecule has 10 heteroatoms. The fraction of sp³-hybridized carbons (Fsp3) is 0.316. The summed E-state index contributed by atoms with van der Waals surface area (Å²) < 4.78 is 33.9. The van der Waals surface area contributed by atoms with Crippen LogP contribution in [-0.2, 0) is 22.3 Å². The molecular weight excluding hydrogens is 612 g/mol. The largest absolute Gasteiger partial charge is 0.508 e. The van der Waals surface area contributed by atoms with Crippen molar-refractivity contribution >= 4 is 21.9 Å². The van der Waals surface area contributed by atoms with Crippen molar-refractivity contribution in [3.05, 3.63) is 107 Å². The molecule has 2 aliphatic heterocycles. The average Bonchev–Trinajstić information content (AvgIpc) is 3.70. The second-order valence-corrected chi connectivity index (χ2v) is 12.1. The maximum Gasteiger partial charge on any atom is 0.199 e. The van der Waals surface area contributed by atoms with E-state index < -0.39 is 0 Å². The summed E-state index contributed by atoms with van der Waals surface area (Å²) in [7, 11) is 0. The van der Waals surface area contributed by atoms with Gasteiger partial charge in [0.05, 0.1) is 24.6 Å². The second-order valence-electron chi connectivity index (χ2n) is 12.1. The molecule has 10 nitrogen and oxygen atoms in total. The molecule has 248 valence electrons. The Morgan fingerprint density at radius 2 is 1.06 bits per heavy atom. The van der Waals surface area contributed by atoms with Gasteiger partial charge in [0.2, 0.25) is 0 Å². The van der Waals surface area contributed by atoms with Crippen LogP contribution in [0.2, 0.25) is 0 Å². The van der Waals surface area contributed by atoms with Crippen molar-refractivity contribution in [2.45, 2.75) is 63.9 Å². The smallest absolute Gasteiger partial charge is 0.199 e. The highest BCUT2D eigenvalue weighted by Crippen LogP contribution is 2.29. The average molecular weight is 651 g/mol. The van der Waals surface area contributed by atoms with Gasteiger partial charge >= 0.3 is 0 Å². The number of rotatable bonds is 8. The maximum atomic E-state index is 9.34. The summed E-state index contributed by atoms with van der Waals surface area (Å²) in [5.41, 5.74) is 5.22. The van der Waals surface area contributed by atoms with Gasteiger partial charge in [0.15, 0.2) is 23.7 Å². The molecule has 48 heavy (non-hydrogen) atoms. The van der Waals surface area contributed by atoms with Crippen molar-refractivity contribution in [1.29, 1.82) is 0 Å². The van der Waals surface area contributed by atoms with E-state index in [1.807, 2.05) is 42.5 Å². The van der Waals surface area contributed by atoms with Crippen LogP contribution in [0.15, 0.2) is 94.0 Å². The molecule has 2 unspecified atom stereocenters. The van der Waals surface area contributed by atoms with Gasteiger partial charge in [0.1, 0.15) is 23.0 Å². The van der Waals surface area contributed by atoms with Crippen LogP contribution in [0.3, 0.4) is 0 Å². The van der Waals surface area contributed by atoms with Crippen molar-refractivity contribution in [3.8, 4) is 23.0 Å². The van der Waals surface area contributed by atoms with Crippen molar-refractivity contribution in [2.75, 3.05) is 13.2 Å². The van der Waals surface area contributed by atoms with Gasteiger partial charge in [0, 0.05) is 48.6 Å². The molecule has 8 rings (SSSR count). The number of nitrogens with zero attached hydrogens (tertiary/aromatic N) is 2. The number of hydrogen-bond donors (Lipinski definition) is 2. The van der Waals surface area contributed by atoms with E-state index in [9.17, 15) is 10.2 Å². The van der Waals surface area contributed by atoms with Gasteiger partial charge in [-0.1, -0.05) is 34.6 Å². The van der Waals surface area contributed by atoms with Gasteiger partial charge < -0.3 is 38.2 Å². The molecule has 6 aromatic rings. The molecule has 4 heterocycles. The van der Waals surface area contributed by atoms with Crippen LogP contribution in [-0.4, -0.2) is 46.3 Å². The third-order valence-corrected chi connectivity index (χ3v) is 8.46. The Morgan fingerprint density at radius 3 is 1.65 bits per heavy atom. The van der Waals surface area contributed by atoms with Crippen molar-refractivity contribution in [3.63, 3.8) is 0 Å². The molecular formula is C38H38N2O8. The van der Waals surface area contributed by atoms with E-state index >= 15 is 0 Å². The predicted octanol–water partition coefficient (Wildman–Crippen LogP) is 8.06. The number of phenols is 2. The van der Waals surface area contributed by atoms with Crippen LogP contribution in [0.4, 0.5) is 0 Å². The van der Waals surface area contributed by atoms with Crippen LogP contribution in [0.5, 0.6) is 23.0 Å². The lowest BCUT2D eigenvalue weighted by Crippen LogP contribution is -2.24. The highest BCUT2D eigenvalue weighted by atomic mass is 16.7. The zero-order valence-electron chi connectivity index (χ0n) is 26.5. The highest BCUT2D eigenvalue weighted by molar-refractivity contribution is 5.81. The van der Waals surface area contributed by atoms with E-state index in [2.05, 4.69) is 22.4 Å². The summed E-state index contributed by atoms with van der Waals surface area (Å²) in [6, 6.07) is 25.9. The Labute approximate surface area is 277 Å². The molecule has 2 fully saturated rings. The molecule has 2 aliphatic rings. The van der Waals surface area contributed by atoms with E-state index in [1.165, 1.54) is 0 Å². The number of fused-ring (bicyclic) bond motifs is 2. The first kappa shape index (κ1) is 31.5. The summed E-state index contributed by atoms with van der Waals surface area (Å²) in [5.74, 6) is 1.99. The van der Waals surface area contributed by atoms with E-state index in [0.717, 1.165) is 102 Å². The Morgan fingerprint density at radius 1 is 0.562 bits per heavy atom. The summed E-state index contributed by atoms with van der Waals surface area (Å²) >= 11 is 0. The Hall–Kier alpha value is -5.06. The zero-order chi connectivity index (χ0) is 32.7. The molecule has 0 saturated carbocycles. The van der Waals surface area contributed by atoms with Gasteiger partial charge in [-0.15, -0.1) is 0 Å². The number of benzene rings is 4. The van der Waals surface area contributed by atoms with Crippen molar-refractivity contribution in [2.24, 2.45) is 0 Å². The minimum Gasteiger partial charge on any atom is -0.508 e. The molecule has 0 amide bonds. The molecule has 0 aliphatic carbocycles. The molecule has 2 aromatic heterocycles. The molecule has 0 radical (unpaired) electrons. The van der Waals surface area contributed by atoms with Crippen LogP contribution >= 0.6 is 0 Å². The summed E-state index contributed by atoms with van der Waals surface area (Å²) in [5, 5.41) is 28.7. The van der Waals surface area contributed by atoms with Crippen LogP contribution in [0.1, 0.15) is 61.0 Å². The first-order chi connectivity index (χ1) is 23.6. The minimum atomic E-state index is -0.168.